The Hall–Kier alpha value is -1.07. The fourth-order valence-electron chi connectivity index (χ4n) is 1.39. The summed E-state index contributed by atoms with van der Waals surface area (Å²) in [5, 5.41) is 0. The standard InChI is InChI=1S/C13H19BrN2O2/c1-16(2)6-5-15-9-10-7-12(17-3)13(18-4)8-11(10)14/h7-9H,5-6H2,1-4H3. The van der Waals surface area contributed by atoms with Crippen LogP contribution in [0.1, 0.15) is 5.56 Å². The van der Waals surface area contributed by atoms with Crippen molar-refractivity contribution in [3.8, 4) is 11.5 Å². The summed E-state index contributed by atoms with van der Waals surface area (Å²) in [6.45, 7) is 1.70. The van der Waals surface area contributed by atoms with Gasteiger partial charge in [-0.05, 0) is 42.2 Å². The first-order chi connectivity index (χ1) is 8.58. The minimum Gasteiger partial charge on any atom is -0.493 e. The molecule has 18 heavy (non-hydrogen) atoms. The van der Waals surface area contributed by atoms with E-state index in [9.17, 15) is 0 Å². The SMILES string of the molecule is COc1cc(Br)c(C=NCCN(C)C)cc1OC. The van der Waals surface area contributed by atoms with Crippen LogP contribution in [0.15, 0.2) is 21.6 Å². The average molecular weight is 315 g/mol. The summed E-state index contributed by atoms with van der Waals surface area (Å²) in [6, 6.07) is 3.79. The molecule has 0 atom stereocenters. The highest BCUT2D eigenvalue weighted by Crippen LogP contribution is 2.32. The number of nitrogens with zero attached hydrogens (tertiary/aromatic N) is 2. The lowest BCUT2D eigenvalue weighted by Crippen LogP contribution is -2.15. The van der Waals surface area contributed by atoms with Gasteiger partial charge in [0.05, 0.1) is 20.8 Å². The van der Waals surface area contributed by atoms with E-state index < -0.39 is 0 Å². The van der Waals surface area contributed by atoms with Gasteiger partial charge in [-0.25, -0.2) is 0 Å². The van der Waals surface area contributed by atoms with Crippen molar-refractivity contribution in [2.24, 2.45) is 4.99 Å². The zero-order valence-corrected chi connectivity index (χ0v) is 12.8. The second-order valence-corrected chi connectivity index (χ2v) is 4.92. The van der Waals surface area contributed by atoms with Crippen molar-refractivity contribution in [3.05, 3.63) is 22.2 Å². The number of likely N-dealkylation sites (N-methyl/N-ethyl adjacent to an activating group) is 1. The maximum absolute atomic E-state index is 5.26. The van der Waals surface area contributed by atoms with Gasteiger partial charge in [-0.2, -0.15) is 0 Å². The highest BCUT2D eigenvalue weighted by Gasteiger charge is 2.07. The number of methoxy groups -OCH3 is 2. The van der Waals surface area contributed by atoms with E-state index in [2.05, 4.69) is 25.8 Å². The van der Waals surface area contributed by atoms with Crippen molar-refractivity contribution >= 4 is 22.1 Å². The summed E-state index contributed by atoms with van der Waals surface area (Å²) in [5.41, 5.74) is 0.978. The third kappa shape index (κ3) is 4.31. The molecule has 0 N–H and O–H groups in total. The van der Waals surface area contributed by atoms with Gasteiger partial charge in [0.2, 0.25) is 0 Å². The van der Waals surface area contributed by atoms with Gasteiger partial charge in [0.25, 0.3) is 0 Å². The quantitative estimate of drug-likeness (QED) is 0.756. The molecule has 0 saturated heterocycles. The van der Waals surface area contributed by atoms with E-state index in [1.807, 2.05) is 32.4 Å². The van der Waals surface area contributed by atoms with E-state index in [1.165, 1.54) is 0 Å². The molecule has 0 amide bonds. The molecule has 4 nitrogen and oxygen atoms in total. The van der Waals surface area contributed by atoms with Crippen molar-refractivity contribution < 1.29 is 9.47 Å². The van der Waals surface area contributed by atoms with E-state index >= 15 is 0 Å². The van der Waals surface area contributed by atoms with Gasteiger partial charge in [0.15, 0.2) is 11.5 Å². The molecule has 1 aromatic rings. The molecule has 0 aliphatic heterocycles. The van der Waals surface area contributed by atoms with Crippen LogP contribution in [0.4, 0.5) is 0 Å². The molecule has 0 aliphatic rings. The molecule has 5 heteroatoms. The van der Waals surface area contributed by atoms with E-state index in [1.54, 1.807) is 14.2 Å². The van der Waals surface area contributed by atoms with E-state index in [0.717, 1.165) is 23.1 Å². The Morgan fingerprint density at radius 1 is 1.22 bits per heavy atom. The Morgan fingerprint density at radius 2 is 1.83 bits per heavy atom. The molecule has 100 valence electrons. The number of aliphatic imine (C=N–C) groups is 1. The second-order valence-electron chi connectivity index (χ2n) is 4.07. The van der Waals surface area contributed by atoms with Gasteiger partial charge in [-0.15, -0.1) is 0 Å². The van der Waals surface area contributed by atoms with Crippen LogP contribution in [0.25, 0.3) is 0 Å². The lowest BCUT2D eigenvalue weighted by Gasteiger charge is -2.10. The first kappa shape index (κ1) is 15.0. The van der Waals surface area contributed by atoms with E-state index in [4.69, 9.17) is 9.47 Å². The van der Waals surface area contributed by atoms with Gasteiger partial charge >= 0.3 is 0 Å². The van der Waals surface area contributed by atoms with E-state index in [-0.39, 0.29) is 0 Å². The van der Waals surface area contributed by atoms with Crippen molar-refractivity contribution in [1.29, 1.82) is 0 Å². The van der Waals surface area contributed by atoms with Crippen LogP contribution >= 0.6 is 15.9 Å². The van der Waals surface area contributed by atoms with Crippen molar-refractivity contribution in [2.75, 3.05) is 41.4 Å². The summed E-state index contributed by atoms with van der Waals surface area (Å²) < 4.78 is 11.4. The van der Waals surface area contributed by atoms with Gasteiger partial charge < -0.3 is 14.4 Å². The van der Waals surface area contributed by atoms with Crippen LogP contribution in [0.5, 0.6) is 11.5 Å². The van der Waals surface area contributed by atoms with E-state index in [0.29, 0.717) is 11.5 Å². The van der Waals surface area contributed by atoms with Crippen LogP contribution in [0, 0.1) is 0 Å². The lowest BCUT2D eigenvalue weighted by molar-refractivity contribution is 0.354. The molecule has 1 aromatic carbocycles. The number of benzene rings is 1. The lowest BCUT2D eigenvalue weighted by atomic mass is 10.2. The highest BCUT2D eigenvalue weighted by atomic mass is 79.9. The molecule has 0 unspecified atom stereocenters. The topological polar surface area (TPSA) is 34.1 Å². The minimum absolute atomic E-state index is 0.703. The van der Waals surface area contributed by atoms with Gasteiger partial charge in [-0.1, -0.05) is 0 Å². The molecule has 0 spiro atoms. The molecule has 0 saturated carbocycles. The van der Waals surface area contributed by atoms with Gasteiger partial charge in [-0.3, -0.25) is 4.99 Å². The number of ether oxygens (including phenoxy) is 2. The smallest absolute Gasteiger partial charge is 0.161 e. The van der Waals surface area contributed by atoms with Crippen LogP contribution < -0.4 is 9.47 Å². The fourth-order valence-corrected chi connectivity index (χ4v) is 1.81. The number of hydrogen-bond donors (Lipinski definition) is 0. The Labute approximate surface area is 117 Å². The molecule has 0 aromatic heterocycles. The third-order valence-corrected chi connectivity index (χ3v) is 3.10. The molecule has 0 heterocycles. The van der Waals surface area contributed by atoms with Crippen molar-refractivity contribution in [1.82, 2.24) is 4.90 Å². The van der Waals surface area contributed by atoms with Crippen LogP contribution in [-0.2, 0) is 0 Å². The molecular formula is C13H19BrN2O2. The first-order valence-electron chi connectivity index (χ1n) is 5.64. The Kier molecular flexibility index (Phi) is 6.15. The zero-order valence-electron chi connectivity index (χ0n) is 11.2. The van der Waals surface area contributed by atoms with Crippen LogP contribution in [0.2, 0.25) is 0 Å². The van der Waals surface area contributed by atoms with Crippen LogP contribution in [-0.4, -0.2) is 52.5 Å². The Bertz CT molecular complexity index is 420. The number of halogens is 1. The van der Waals surface area contributed by atoms with Crippen molar-refractivity contribution in [3.63, 3.8) is 0 Å². The molecule has 0 aliphatic carbocycles. The largest absolute Gasteiger partial charge is 0.493 e. The normalized spacial score (nSPS) is 11.2. The van der Waals surface area contributed by atoms with Gasteiger partial charge in [0.1, 0.15) is 0 Å². The predicted molar refractivity (Wildman–Crippen MR) is 78.3 cm³/mol. The van der Waals surface area contributed by atoms with Crippen molar-refractivity contribution in [2.45, 2.75) is 0 Å². The zero-order chi connectivity index (χ0) is 13.5. The minimum atomic E-state index is 0.703. The second kappa shape index (κ2) is 7.38. The van der Waals surface area contributed by atoms with Crippen LogP contribution in [0.3, 0.4) is 0 Å². The third-order valence-electron chi connectivity index (χ3n) is 2.41. The Morgan fingerprint density at radius 3 is 2.39 bits per heavy atom. The summed E-state index contributed by atoms with van der Waals surface area (Å²) in [7, 11) is 7.30. The maximum atomic E-state index is 5.26. The molecule has 1 rings (SSSR count). The number of rotatable bonds is 6. The first-order valence-corrected chi connectivity index (χ1v) is 6.44. The maximum Gasteiger partial charge on any atom is 0.161 e. The molecule has 0 radical (unpaired) electrons. The Balaban J connectivity index is 2.82. The fraction of sp³-hybridized carbons (Fsp3) is 0.462. The summed E-state index contributed by atoms with van der Waals surface area (Å²) in [5.74, 6) is 1.41. The number of hydrogen-bond acceptors (Lipinski definition) is 4. The molecular weight excluding hydrogens is 296 g/mol. The average Bonchev–Trinajstić information content (AvgIpc) is 2.35. The predicted octanol–water partition coefficient (Wildman–Crippen LogP) is 2.45. The summed E-state index contributed by atoms with van der Waals surface area (Å²) >= 11 is 3.50. The summed E-state index contributed by atoms with van der Waals surface area (Å²) in [6.07, 6.45) is 1.84. The molecule has 0 bridgehead atoms. The van der Waals surface area contributed by atoms with Gasteiger partial charge in [0, 0.05) is 22.8 Å². The summed E-state index contributed by atoms with van der Waals surface area (Å²) in [4.78, 5) is 6.48. The monoisotopic (exact) mass is 314 g/mol. The highest BCUT2D eigenvalue weighted by molar-refractivity contribution is 9.10. The molecule has 0 fully saturated rings.